The summed E-state index contributed by atoms with van der Waals surface area (Å²) in [6.45, 7) is -0.00466. The molecule has 1 atom stereocenters. The van der Waals surface area contributed by atoms with Crippen LogP contribution in [0.2, 0.25) is 0 Å². The van der Waals surface area contributed by atoms with Gasteiger partial charge in [-0.3, -0.25) is 4.79 Å². The van der Waals surface area contributed by atoms with Gasteiger partial charge in [0.15, 0.2) is 6.61 Å². The first kappa shape index (κ1) is 17.0. The fourth-order valence-electron chi connectivity index (χ4n) is 2.30. The van der Waals surface area contributed by atoms with E-state index in [0.717, 1.165) is 14.0 Å². The summed E-state index contributed by atoms with van der Waals surface area (Å²) >= 11 is 3.86. The van der Waals surface area contributed by atoms with Gasteiger partial charge in [0, 0.05) is 8.45 Å². The highest BCUT2D eigenvalue weighted by Gasteiger charge is 2.17. The smallest absolute Gasteiger partial charge is 0.258 e. The van der Waals surface area contributed by atoms with Crippen LogP contribution >= 0.6 is 33.9 Å². The maximum Gasteiger partial charge on any atom is 0.258 e. The van der Waals surface area contributed by atoms with Crippen molar-refractivity contribution in [2.45, 2.75) is 6.04 Å². The minimum absolute atomic E-state index is 0.00466. The van der Waals surface area contributed by atoms with Crippen molar-refractivity contribution >= 4 is 39.8 Å². The molecule has 1 N–H and O–H groups in total. The Hall–Kier alpha value is -1.86. The zero-order valence-electron chi connectivity index (χ0n) is 12.8. The molecule has 3 rings (SSSR count). The van der Waals surface area contributed by atoms with Crippen molar-refractivity contribution in [3.8, 4) is 5.75 Å². The summed E-state index contributed by atoms with van der Waals surface area (Å²) in [5, 5.41) is 5.08. The van der Waals surface area contributed by atoms with Crippen LogP contribution < -0.4 is 10.1 Å². The molecule has 0 aliphatic rings. The molecule has 0 fully saturated rings. The maximum atomic E-state index is 12.3. The van der Waals surface area contributed by atoms with Gasteiger partial charge in [0.25, 0.3) is 5.91 Å². The number of amides is 1. The molecule has 24 heavy (non-hydrogen) atoms. The van der Waals surface area contributed by atoms with Gasteiger partial charge in [-0.1, -0.05) is 36.4 Å². The Labute approximate surface area is 158 Å². The Morgan fingerprint density at radius 1 is 1.04 bits per heavy atom. The third-order valence-corrected chi connectivity index (χ3v) is 5.11. The van der Waals surface area contributed by atoms with Crippen molar-refractivity contribution in [1.82, 2.24) is 5.32 Å². The highest BCUT2D eigenvalue weighted by Crippen LogP contribution is 2.25. The molecular formula is C19H16INO2S. The first-order valence-corrected chi connectivity index (χ1v) is 9.44. The molecule has 0 bridgehead atoms. The van der Waals surface area contributed by atoms with Crippen molar-refractivity contribution in [1.29, 1.82) is 0 Å². The van der Waals surface area contributed by atoms with Gasteiger partial charge < -0.3 is 10.1 Å². The molecule has 0 spiro atoms. The van der Waals surface area contributed by atoms with Crippen LogP contribution in [-0.2, 0) is 4.79 Å². The lowest BCUT2D eigenvalue weighted by Crippen LogP contribution is -2.32. The highest BCUT2D eigenvalue weighted by molar-refractivity contribution is 14.1. The van der Waals surface area contributed by atoms with Crippen LogP contribution in [0.25, 0.3) is 0 Å². The third-order valence-electron chi connectivity index (χ3n) is 3.45. The van der Waals surface area contributed by atoms with E-state index >= 15 is 0 Å². The van der Waals surface area contributed by atoms with Crippen LogP contribution in [0.4, 0.5) is 0 Å². The van der Waals surface area contributed by atoms with Crippen LogP contribution in [0.3, 0.4) is 0 Å². The molecule has 1 aromatic heterocycles. The quantitative estimate of drug-likeness (QED) is 0.557. The average Bonchev–Trinajstić information content (AvgIpc) is 3.14. The number of carbonyl (C=O) groups excluding carboxylic acids is 1. The second kappa shape index (κ2) is 8.30. The molecule has 0 aliphatic carbocycles. The molecule has 0 unspecified atom stereocenters. The Morgan fingerprint density at radius 3 is 2.46 bits per heavy atom. The number of thiophene rings is 1. The van der Waals surface area contributed by atoms with Crippen LogP contribution in [0.1, 0.15) is 16.5 Å². The zero-order valence-corrected chi connectivity index (χ0v) is 15.8. The van der Waals surface area contributed by atoms with Crippen LogP contribution in [0.15, 0.2) is 72.1 Å². The molecule has 0 saturated carbocycles. The lowest BCUT2D eigenvalue weighted by molar-refractivity contribution is -0.123. The van der Waals surface area contributed by atoms with E-state index in [-0.39, 0.29) is 18.6 Å². The van der Waals surface area contributed by atoms with E-state index in [1.54, 1.807) is 11.3 Å². The SMILES string of the molecule is O=C(COc1ccc(I)cc1)N[C@@H](c1ccccc1)c1cccs1. The number of nitrogens with one attached hydrogen (secondary N) is 1. The number of hydrogen-bond donors (Lipinski definition) is 1. The van der Waals surface area contributed by atoms with Crippen molar-refractivity contribution in [3.05, 3.63) is 86.1 Å². The second-order valence-corrected chi connectivity index (χ2v) is 7.39. The zero-order chi connectivity index (χ0) is 16.8. The summed E-state index contributed by atoms with van der Waals surface area (Å²) in [6.07, 6.45) is 0. The van der Waals surface area contributed by atoms with Crippen molar-refractivity contribution in [2.24, 2.45) is 0 Å². The predicted octanol–water partition coefficient (Wildman–Crippen LogP) is 4.64. The molecule has 122 valence electrons. The first-order chi connectivity index (χ1) is 11.7. The second-order valence-electron chi connectivity index (χ2n) is 5.17. The summed E-state index contributed by atoms with van der Waals surface area (Å²) in [7, 11) is 0. The van der Waals surface area contributed by atoms with Crippen LogP contribution in [0.5, 0.6) is 5.75 Å². The largest absolute Gasteiger partial charge is 0.484 e. The molecule has 1 heterocycles. The average molecular weight is 449 g/mol. The minimum atomic E-state index is -0.154. The van der Waals surface area contributed by atoms with Gasteiger partial charge in [-0.25, -0.2) is 0 Å². The lowest BCUT2D eigenvalue weighted by Gasteiger charge is -2.18. The summed E-state index contributed by atoms with van der Waals surface area (Å²) in [4.78, 5) is 13.4. The fourth-order valence-corrected chi connectivity index (χ4v) is 3.46. The fraction of sp³-hybridized carbons (Fsp3) is 0.105. The molecule has 3 aromatic rings. The highest BCUT2D eigenvalue weighted by atomic mass is 127. The van der Waals surface area contributed by atoms with Crippen LogP contribution in [0, 0.1) is 3.57 Å². The molecule has 0 aliphatic heterocycles. The number of ether oxygens (including phenoxy) is 1. The van der Waals surface area contributed by atoms with Gasteiger partial charge in [-0.15, -0.1) is 11.3 Å². The number of rotatable bonds is 6. The molecule has 0 radical (unpaired) electrons. The van der Waals surface area contributed by atoms with Gasteiger partial charge in [0.05, 0.1) is 6.04 Å². The Balaban J connectivity index is 1.66. The van der Waals surface area contributed by atoms with E-state index in [4.69, 9.17) is 4.74 Å². The summed E-state index contributed by atoms with van der Waals surface area (Å²) in [6, 6.07) is 21.5. The standard InChI is InChI=1S/C19H16INO2S/c20-15-8-10-16(11-9-15)23-13-18(22)21-19(17-7-4-12-24-17)14-5-2-1-3-6-14/h1-12,19H,13H2,(H,21,22)/t19-/m0/s1. The van der Waals surface area contributed by atoms with Gasteiger partial charge in [0.2, 0.25) is 0 Å². The van der Waals surface area contributed by atoms with Crippen LogP contribution in [-0.4, -0.2) is 12.5 Å². The summed E-state index contributed by atoms with van der Waals surface area (Å²) in [5.74, 6) is 0.550. The first-order valence-electron chi connectivity index (χ1n) is 7.48. The van der Waals surface area contributed by atoms with Gasteiger partial charge >= 0.3 is 0 Å². The molecular weight excluding hydrogens is 433 g/mol. The Morgan fingerprint density at radius 2 is 1.79 bits per heavy atom. The van der Waals surface area contributed by atoms with E-state index in [1.807, 2.05) is 72.1 Å². The minimum Gasteiger partial charge on any atom is -0.484 e. The van der Waals surface area contributed by atoms with Crippen molar-refractivity contribution in [2.75, 3.05) is 6.61 Å². The summed E-state index contributed by atoms with van der Waals surface area (Å²) in [5.41, 5.74) is 1.06. The topological polar surface area (TPSA) is 38.3 Å². The normalized spacial score (nSPS) is 11.7. The van der Waals surface area contributed by atoms with E-state index in [1.165, 1.54) is 0 Å². The Bertz CT molecular complexity index is 773. The molecule has 5 heteroatoms. The van der Waals surface area contributed by atoms with Gasteiger partial charge in [-0.05, 0) is 63.9 Å². The monoisotopic (exact) mass is 449 g/mol. The Kier molecular flexibility index (Phi) is 5.87. The summed E-state index contributed by atoms with van der Waals surface area (Å²) < 4.78 is 6.70. The maximum absolute atomic E-state index is 12.3. The predicted molar refractivity (Wildman–Crippen MR) is 105 cm³/mol. The van der Waals surface area contributed by atoms with E-state index in [0.29, 0.717) is 5.75 Å². The number of carbonyl (C=O) groups is 1. The van der Waals surface area contributed by atoms with Gasteiger partial charge in [-0.2, -0.15) is 0 Å². The van der Waals surface area contributed by atoms with E-state index in [9.17, 15) is 4.79 Å². The molecule has 3 nitrogen and oxygen atoms in total. The van der Waals surface area contributed by atoms with Gasteiger partial charge in [0.1, 0.15) is 5.75 Å². The molecule has 0 saturated heterocycles. The van der Waals surface area contributed by atoms with E-state index < -0.39 is 0 Å². The lowest BCUT2D eigenvalue weighted by atomic mass is 10.1. The number of halogens is 1. The number of hydrogen-bond acceptors (Lipinski definition) is 3. The van der Waals surface area contributed by atoms with E-state index in [2.05, 4.69) is 27.9 Å². The number of benzene rings is 2. The van der Waals surface area contributed by atoms with Crippen molar-refractivity contribution < 1.29 is 9.53 Å². The molecule has 1 amide bonds. The van der Waals surface area contributed by atoms with Crippen molar-refractivity contribution in [3.63, 3.8) is 0 Å². The molecule has 2 aromatic carbocycles. The third kappa shape index (κ3) is 4.58.